The molecule has 166 valence electrons. The average molecular weight is 456 g/mol. The Balaban J connectivity index is 0.00000320. The lowest BCUT2D eigenvalue weighted by molar-refractivity contribution is -0.139. The highest BCUT2D eigenvalue weighted by atomic mass is 35.5. The van der Waals surface area contributed by atoms with E-state index in [4.69, 9.17) is 0 Å². The highest BCUT2D eigenvalue weighted by molar-refractivity contribution is 8.03. The Morgan fingerprint density at radius 2 is 2.03 bits per heavy atom. The number of carboxylic acid groups (broad SMARTS) is 1. The molecule has 1 fully saturated rings. The first-order valence-corrected chi connectivity index (χ1v) is 10.8. The van der Waals surface area contributed by atoms with Crippen LogP contribution in [0, 0.1) is 0 Å². The van der Waals surface area contributed by atoms with Gasteiger partial charge in [-0.25, -0.2) is 4.79 Å². The lowest BCUT2D eigenvalue weighted by Gasteiger charge is -2.18. The molecule has 1 saturated heterocycles. The van der Waals surface area contributed by atoms with Crippen LogP contribution < -0.4 is 10.6 Å². The quantitative estimate of drug-likeness (QED) is 0.477. The van der Waals surface area contributed by atoms with Gasteiger partial charge in [0.1, 0.15) is 5.70 Å². The van der Waals surface area contributed by atoms with Crippen molar-refractivity contribution in [2.45, 2.75) is 50.1 Å². The monoisotopic (exact) mass is 455 g/mol. The number of aliphatic hydroxyl groups is 1. The number of hydrogen-bond donors (Lipinski definition) is 4. The average Bonchev–Trinajstić information content (AvgIpc) is 3.30. The van der Waals surface area contributed by atoms with Gasteiger partial charge in [0.25, 0.3) is 0 Å². The second kappa shape index (κ2) is 11.2. The molecule has 1 amide bonds. The fraction of sp³-hybridized carbons (Fsp3) is 0.524. The van der Waals surface area contributed by atoms with Crippen molar-refractivity contribution in [2.75, 3.05) is 20.1 Å². The minimum absolute atomic E-state index is 0. The van der Waals surface area contributed by atoms with Crippen molar-refractivity contribution in [3.8, 4) is 0 Å². The van der Waals surface area contributed by atoms with E-state index in [2.05, 4.69) is 34.9 Å². The van der Waals surface area contributed by atoms with E-state index in [1.807, 2.05) is 7.05 Å². The number of amides is 1. The molecule has 0 aromatic heterocycles. The molecule has 0 saturated carbocycles. The first-order chi connectivity index (χ1) is 13.9. The van der Waals surface area contributed by atoms with Crippen LogP contribution >= 0.6 is 24.2 Å². The minimum atomic E-state index is -1.08. The van der Waals surface area contributed by atoms with E-state index in [1.165, 1.54) is 23.0 Å². The molecule has 0 bridgehead atoms. The molecule has 3 rings (SSSR count). The Kier molecular flexibility index (Phi) is 9.18. The van der Waals surface area contributed by atoms with Crippen LogP contribution in [0.2, 0.25) is 0 Å². The van der Waals surface area contributed by atoms with Gasteiger partial charge in [0, 0.05) is 35.8 Å². The molecule has 3 atom stereocenters. The number of halogens is 1. The third kappa shape index (κ3) is 5.98. The third-order valence-electron chi connectivity index (χ3n) is 5.23. The van der Waals surface area contributed by atoms with Gasteiger partial charge in [-0.2, -0.15) is 0 Å². The fourth-order valence-corrected chi connectivity index (χ4v) is 5.26. The molecule has 9 heteroatoms. The van der Waals surface area contributed by atoms with Gasteiger partial charge < -0.3 is 25.7 Å². The third-order valence-corrected chi connectivity index (χ3v) is 6.61. The minimum Gasteiger partial charge on any atom is -0.477 e. The summed E-state index contributed by atoms with van der Waals surface area (Å²) in [7, 11) is 1.93. The number of carbonyl (C=O) groups excluding carboxylic acids is 1. The Bertz CT molecular complexity index is 785. The van der Waals surface area contributed by atoms with Gasteiger partial charge in [0.2, 0.25) is 5.91 Å². The maximum absolute atomic E-state index is 12.3. The topological polar surface area (TPSA) is 102 Å². The number of thioether (sulfide) groups is 1. The molecule has 1 aromatic rings. The summed E-state index contributed by atoms with van der Waals surface area (Å²) in [5, 5.41) is 26.1. The molecule has 2 heterocycles. The van der Waals surface area contributed by atoms with Crippen LogP contribution in [0.1, 0.15) is 43.4 Å². The van der Waals surface area contributed by atoms with E-state index in [0.717, 1.165) is 24.4 Å². The molecule has 7 nitrogen and oxygen atoms in total. The Morgan fingerprint density at radius 1 is 1.33 bits per heavy atom. The highest BCUT2D eigenvalue weighted by Crippen LogP contribution is 2.40. The predicted molar refractivity (Wildman–Crippen MR) is 120 cm³/mol. The van der Waals surface area contributed by atoms with E-state index in [-0.39, 0.29) is 41.7 Å². The van der Waals surface area contributed by atoms with Gasteiger partial charge >= 0.3 is 5.97 Å². The molecule has 0 aliphatic carbocycles. The largest absolute Gasteiger partial charge is 0.477 e. The van der Waals surface area contributed by atoms with Crippen molar-refractivity contribution in [3.63, 3.8) is 0 Å². The summed E-state index contributed by atoms with van der Waals surface area (Å²) in [6.45, 7) is 3.54. The summed E-state index contributed by atoms with van der Waals surface area (Å²) in [6, 6.07) is 8.79. The van der Waals surface area contributed by atoms with Crippen molar-refractivity contribution in [1.82, 2.24) is 15.5 Å². The smallest absolute Gasteiger partial charge is 0.353 e. The van der Waals surface area contributed by atoms with Crippen molar-refractivity contribution in [2.24, 2.45) is 0 Å². The molecule has 2 aliphatic heterocycles. The second-order valence-corrected chi connectivity index (χ2v) is 9.03. The number of nitrogens with one attached hydrogen (secondary N) is 2. The molecule has 1 unspecified atom stereocenters. The van der Waals surface area contributed by atoms with Crippen LogP contribution in [-0.2, 0) is 16.1 Å². The second-order valence-electron chi connectivity index (χ2n) is 7.63. The van der Waals surface area contributed by atoms with E-state index in [1.54, 1.807) is 11.8 Å². The van der Waals surface area contributed by atoms with Crippen LogP contribution in [0.15, 0.2) is 34.9 Å². The van der Waals surface area contributed by atoms with E-state index < -0.39 is 12.1 Å². The molecule has 2 aliphatic rings. The lowest BCUT2D eigenvalue weighted by Crippen LogP contribution is -2.33. The van der Waals surface area contributed by atoms with Gasteiger partial charge in [-0.05, 0) is 37.9 Å². The maximum atomic E-state index is 12.3. The lowest BCUT2D eigenvalue weighted by atomic mass is 10.0. The standard InChI is InChI=1S/C21H29N3O4S.ClH/c1-13(25)9-19(26)24-8-7-18(20(24)21(27)28)29-16-10-17(23-12-16)15-5-3-14(4-6-15)11-22-2;/h3-6,13,16-17,22-23,25H,7-12H2,1-2H3,(H,27,28);1H/t13?,16-,17-;/m0./s1. The van der Waals surface area contributed by atoms with Crippen molar-refractivity contribution < 1.29 is 19.8 Å². The number of nitrogens with zero attached hydrogens (tertiary/aromatic N) is 1. The zero-order valence-corrected chi connectivity index (χ0v) is 18.9. The number of carbonyl (C=O) groups is 2. The SMILES string of the molecule is CNCc1ccc([C@@H]2C[C@H](SC3=C(C(=O)O)N(C(=O)CC(C)O)CC3)CN2)cc1.Cl. The van der Waals surface area contributed by atoms with Crippen LogP contribution in [0.5, 0.6) is 0 Å². The van der Waals surface area contributed by atoms with Gasteiger partial charge in [-0.3, -0.25) is 4.79 Å². The Labute approximate surface area is 187 Å². The predicted octanol–water partition coefficient (Wildman–Crippen LogP) is 2.26. The normalized spacial score (nSPS) is 22.2. The van der Waals surface area contributed by atoms with Crippen LogP contribution in [0.25, 0.3) is 0 Å². The maximum Gasteiger partial charge on any atom is 0.353 e. The Morgan fingerprint density at radius 3 is 2.63 bits per heavy atom. The Hall–Kier alpha value is -1.58. The summed E-state index contributed by atoms with van der Waals surface area (Å²) >= 11 is 1.57. The van der Waals surface area contributed by atoms with Gasteiger partial charge in [0.15, 0.2) is 0 Å². The van der Waals surface area contributed by atoms with Gasteiger partial charge in [-0.1, -0.05) is 24.3 Å². The van der Waals surface area contributed by atoms with E-state index >= 15 is 0 Å². The molecule has 30 heavy (non-hydrogen) atoms. The number of hydrogen-bond acceptors (Lipinski definition) is 6. The summed E-state index contributed by atoms with van der Waals surface area (Å²) in [6.07, 6.45) is 0.616. The van der Waals surface area contributed by atoms with Gasteiger partial charge in [-0.15, -0.1) is 24.2 Å². The molecule has 0 radical (unpaired) electrons. The number of rotatable bonds is 8. The number of aliphatic carboxylic acids is 1. The highest BCUT2D eigenvalue weighted by Gasteiger charge is 2.35. The first-order valence-electron chi connectivity index (χ1n) is 9.97. The number of aliphatic hydroxyl groups excluding tert-OH is 1. The molecular formula is C21H30ClN3O4S. The van der Waals surface area contributed by atoms with Crippen LogP contribution in [0.3, 0.4) is 0 Å². The summed E-state index contributed by atoms with van der Waals surface area (Å²) in [5.41, 5.74) is 2.56. The van der Waals surface area contributed by atoms with E-state index in [9.17, 15) is 19.8 Å². The zero-order valence-electron chi connectivity index (χ0n) is 17.3. The van der Waals surface area contributed by atoms with Crippen LogP contribution in [0.4, 0.5) is 0 Å². The fourth-order valence-electron chi connectivity index (χ4n) is 3.88. The summed E-state index contributed by atoms with van der Waals surface area (Å²) < 4.78 is 0. The van der Waals surface area contributed by atoms with Crippen molar-refractivity contribution in [3.05, 3.63) is 46.0 Å². The first kappa shape index (κ1) is 24.7. The van der Waals surface area contributed by atoms with Crippen molar-refractivity contribution >= 4 is 36.0 Å². The van der Waals surface area contributed by atoms with E-state index in [0.29, 0.717) is 13.0 Å². The number of carboxylic acids is 1. The molecule has 4 N–H and O–H groups in total. The molecule has 0 spiro atoms. The molecule has 1 aromatic carbocycles. The number of benzene rings is 1. The summed E-state index contributed by atoms with van der Waals surface area (Å²) in [4.78, 5) is 26.2. The molecular weight excluding hydrogens is 426 g/mol. The zero-order chi connectivity index (χ0) is 21.0. The van der Waals surface area contributed by atoms with Crippen molar-refractivity contribution in [1.29, 1.82) is 0 Å². The summed E-state index contributed by atoms with van der Waals surface area (Å²) in [5.74, 6) is -1.41. The van der Waals surface area contributed by atoms with Gasteiger partial charge in [0.05, 0.1) is 12.5 Å². The van der Waals surface area contributed by atoms with Crippen LogP contribution in [-0.4, -0.2) is 58.5 Å².